The van der Waals surface area contributed by atoms with Crippen LogP contribution in [0.25, 0.3) is 11.0 Å². The summed E-state index contributed by atoms with van der Waals surface area (Å²) in [5.41, 5.74) is -0.782. The van der Waals surface area contributed by atoms with Crippen LogP contribution in [-0.4, -0.2) is 0 Å². The third kappa shape index (κ3) is 1.69. The molecule has 2 rings (SSSR count). The molecule has 0 fully saturated rings. The molecule has 0 saturated heterocycles. The Bertz CT molecular complexity index is 513. The van der Waals surface area contributed by atoms with Crippen LogP contribution in [0.15, 0.2) is 22.6 Å². The molecular formula is C10H6ClF3O. The van der Waals surface area contributed by atoms with Crippen molar-refractivity contribution < 1.29 is 17.6 Å². The van der Waals surface area contributed by atoms with E-state index in [1.54, 1.807) is 13.0 Å². The number of hydrogen-bond donors (Lipinski definition) is 0. The molecule has 0 bridgehead atoms. The summed E-state index contributed by atoms with van der Waals surface area (Å²) in [5.74, 6) is 0.534. The fraction of sp³-hybridized carbons (Fsp3) is 0.200. The minimum Gasteiger partial charge on any atom is -0.460 e. The molecule has 0 amide bonds. The van der Waals surface area contributed by atoms with Gasteiger partial charge in [-0.2, -0.15) is 13.2 Å². The Balaban J connectivity index is 2.75. The molecule has 1 heterocycles. The SMILES string of the molecule is Cc1cc2ccc(C(F)(F)F)c(Cl)c2o1. The van der Waals surface area contributed by atoms with Gasteiger partial charge in [0.2, 0.25) is 0 Å². The first-order valence-electron chi connectivity index (χ1n) is 4.15. The summed E-state index contributed by atoms with van der Waals surface area (Å²) in [6.07, 6.45) is -4.45. The lowest BCUT2D eigenvalue weighted by atomic mass is 10.1. The van der Waals surface area contributed by atoms with Gasteiger partial charge in [-0.3, -0.25) is 0 Å². The number of fused-ring (bicyclic) bond motifs is 1. The molecule has 0 aliphatic rings. The minimum absolute atomic E-state index is 0.0870. The lowest BCUT2D eigenvalue weighted by molar-refractivity contribution is -0.137. The summed E-state index contributed by atoms with van der Waals surface area (Å²) in [5, 5.41) is 0.193. The van der Waals surface area contributed by atoms with Gasteiger partial charge in [-0.05, 0) is 19.1 Å². The topological polar surface area (TPSA) is 13.1 Å². The van der Waals surface area contributed by atoms with Crippen LogP contribution >= 0.6 is 11.6 Å². The predicted octanol–water partition coefficient (Wildman–Crippen LogP) is 4.41. The molecule has 0 aliphatic heterocycles. The number of furan rings is 1. The first-order chi connectivity index (χ1) is 6.89. The van der Waals surface area contributed by atoms with Crippen LogP contribution in [-0.2, 0) is 6.18 Å². The van der Waals surface area contributed by atoms with Crippen molar-refractivity contribution in [2.45, 2.75) is 13.1 Å². The number of benzene rings is 1. The van der Waals surface area contributed by atoms with Crippen LogP contribution in [0.4, 0.5) is 13.2 Å². The first-order valence-corrected chi connectivity index (χ1v) is 4.53. The molecule has 0 saturated carbocycles. The van der Waals surface area contributed by atoms with Gasteiger partial charge in [0.25, 0.3) is 0 Å². The van der Waals surface area contributed by atoms with Crippen molar-refractivity contribution in [3.8, 4) is 0 Å². The van der Waals surface area contributed by atoms with E-state index in [2.05, 4.69) is 0 Å². The monoisotopic (exact) mass is 234 g/mol. The van der Waals surface area contributed by atoms with E-state index in [0.717, 1.165) is 6.07 Å². The molecule has 0 unspecified atom stereocenters. The van der Waals surface area contributed by atoms with Gasteiger partial charge in [-0.15, -0.1) is 0 Å². The second kappa shape index (κ2) is 3.17. The van der Waals surface area contributed by atoms with Crippen LogP contribution in [0.2, 0.25) is 5.02 Å². The third-order valence-electron chi connectivity index (χ3n) is 2.05. The van der Waals surface area contributed by atoms with E-state index < -0.39 is 11.7 Å². The van der Waals surface area contributed by atoms with E-state index in [1.165, 1.54) is 6.07 Å². The molecule has 1 aromatic heterocycles. The molecule has 0 N–H and O–H groups in total. The van der Waals surface area contributed by atoms with Gasteiger partial charge < -0.3 is 4.42 Å². The Kier molecular flexibility index (Phi) is 2.19. The molecule has 80 valence electrons. The summed E-state index contributed by atoms with van der Waals surface area (Å²) in [6.45, 7) is 1.66. The lowest BCUT2D eigenvalue weighted by Gasteiger charge is -2.08. The number of alkyl halides is 3. The van der Waals surface area contributed by atoms with Crippen molar-refractivity contribution in [1.82, 2.24) is 0 Å². The highest BCUT2D eigenvalue weighted by Gasteiger charge is 2.34. The summed E-state index contributed by atoms with van der Waals surface area (Å²) in [4.78, 5) is 0. The van der Waals surface area contributed by atoms with Crippen molar-refractivity contribution >= 4 is 22.6 Å². The van der Waals surface area contributed by atoms with Crippen LogP contribution in [0.5, 0.6) is 0 Å². The van der Waals surface area contributed by atoms with Gasteiger partial charge in [0.1, 0.15) is 5.76 Å². The van der Waals surface area contributed by atoms with Gasteiger partial charge in [0.15, 0.2) is 5.58 Å². The summed E-state index contributed by atoms with van der Waals surface area (Å²) in [7, 11) is 0. The Labute approximate surface area is 88.4 Å². The second-order valence-electron chi connectivity index (χ2n) is 3.20. The molecule has 0 atom stereocenters. The highest BCUT2D eigenvalue weighted by Crippen LogP contribution is 2.39. The maximum Gasteiger partial charge on any atom is 0.417 e. The molecule has 1 aromatic carbocycles. The molecule has 1 nitrogen and oxygen atoms in total. The highest BCUT2D eigenvalue weighted by atomic mass is 35.5. The van der Waals surface area contributed by atoms with Crippen LogP contribution in [0.3, 0.4) is 0 Å². The summed E-state index contributed by atoms with van der Waals surface area (Å²) < 4.78 is 42.5. The minimum atomic E-state index is -4.45. The van der Waals surface area contributed by atoms with Gasteiger partial charge in [-0.1, -0.05) is 17.7 Å². The zero-order chi connectivity index (χ0) is 11.2. The van der Waals surface area contributed by atoms with Crippen LogP contribution in [0.1, 0.15) is 11.3 Å². The van der Waals surface area contributed by atoms with Gasteiger partial charge >= 0.3 is 6.18 Å². The van der Waals surface area contributed by atoms with Crippen LogP contribution < -0.4 is 0 Å². The van der Waals surface area contributed by atoms with Gasteiger partial charge in [0, 0.05) is 5.39 Å². The summed E-state index contributed by atoms with van der Waals surface area (Å²) in [6, 6.07) is 3.95. The molecule has 0 radical (unpaired) electrons. The fourth-order valence-electron chi connectivity index (χ4n) is 1.42. The maximum absolute atomic E-state index is 12.5. The van der Waals surface area contributed by atoms with Crippen LogP contribution in [0, 0.1) is 6.92 Å². The number of hydrogen-bond acceptors (Lipinski definition) is 1. The molecule has 0 spiro atoms. The Hall–Kier alpha value is -1.16. The van der Waals surface area contributed by atoms with E-state index >= 15 is 0 Å². The maximum atomic E-state index is 12.5. The number of rotatable bonds is 0. The smallest absolute Gasteiger partial charge is 0.417 e. The van der Waals surface area contributed by atoms with Crippen molar-refractivity contribution in [2.75, 3.05) is 0 Å². The third-order valence-corrected chi connectivity index (χ3v) is 2.43. The van der Waals surface area contributed by atoms with Gasteiger partial charge in [0.05, 0.1) is 10.6 Å². The number of aryl methyl sites for hydroxylation is 1. The Morgan fingerprint density at radius 2 is 1.93 bits per heavy atom. The van der Waals surface area contributed by atoms with E-state index in [1.807, 2.05) is 0 Å². The average Bonchev–Trinajstić information content (AvgIpc) is 2.44. The quantitative estimate of drug-likeness (QED) is 0.658. The predicted molar refractivity (Wildman–Crippen MR) is 51.0 cm³/mol. The second-order valence-corrected chi connectivity index (χ2v) is 3.58. The largest absolute Gasteiger partial charge is 0.460 e. The zero-order valence-corrected chi connectivity index (χ0v) is 8.41. The standard InChI is InChI=1S/C10H6ClF3O/c1-5-4-6-2-3-7(10(12,13)14)8(11)9(6)15-5/h2-4H,1H3. The normalized spacial score (nSPS) is 12.3. The van der Waals surface area contributed by atoms with Crippen molar-refractivity contribution in [3.05, 3.63) is 34.5 Å². The Morgan fingerprint density at radius 3 is 2.53 bits per heavy atom. The van der Waals surface area contributed by atoms with E-state index in [-0.39, 0.29) is 10.6 Å². The molecule has 5 heteroatoms. The highest BCUT2D eigenvalue weighted by molar-refractivity contribution is 6.35. The molecule has 2 aromatic rings. The van der Waals surface area contributed by atoms with Crippen molar-refractivity contribution in [2.24, 2.45) is 0 Å². The summed E-state index contributed by atoms with van der Waals surface area (Å²) >= 11 is 5.63. The van der Waals surface area contributed by atoms with Crippen molar-refractivity contribution in [1.29, 1.82) is 0 Å². The lowest BCUT2D eigenvalue weighted by Crippen LogP contribution is -2.05. The number of halogens is 4. The Morgan fingerprint density at radius 1 is 1.27 bits per heavy atom. The molecular weight excluding hydrogens is 229 g/mol. The fourth-order valence-corrected chi connectivity index (χ4v) is 1.73. The van der Waals surface area contributed by atoms with E-state index in [9.17, 15) is 13.2 Å². The van der Waals surface area contributed by atoms with Gasteiger partial charge in [-0.25, -0.2) is 0 Å². The first kappa shape index (κ1) is 10.4. The molecule has 15 heavy (non-hydrogen) atoms. The molecule has 0 aliphatic carbocycles. The zero-order valence-electron chi connectivity index (χ0n) is 7.65. The van der Waals surface area contributed by atoms with E-state index in [4.69, 9.17) is 16.0 Å². The van der Waals surface area contributed by atoms with E-state index in [0.29, 0.717) is 11.1 Å². The average molecular weight is 235 g/mol. The van der Waals surface area contributed by atoms with Crippen molar-refractivity contribution in [3.63, 3.8) is 0 Å².